The number of piperidine rings is 1. The van der Waals surface area contributed by atoms with Gasteiger partial charge in [0.1, 0.15) is 0 Å². The Labute approximate surface area is 150 Å². The lowest BCUT2D eigenvalue weighted by Gasteiger charge is -2.33. The average Bonchev–Trinajstić information content (AvgIpc) is 2.55. The minimum absolute atomic E-state index is 0. The van der Waals surface area contributed by atoms with E-state index in [1.54, 1.807) is 0 Å². The Morgan fingerprint density at radius 2 is 1.88 bits per heavy atom. The van der Waals surface area contributed by atoms with Crippen LogP contribution in [0.1, 0.15) is 26.7 Å². The standard InChI is InChI=1S/C15H24N2O4S2.ClH/c1-3-22(18,19)14-7-4-8-15(10-14)23(20,21)17-9-5-6-13(11-17)12(2)16;/h4,7-8,10,12-13H,3,5-6,9,11,16H2,1-2H3;1H. The topological polar surface area (TPSA) is 97.5 Å². The zero-order valence-electron chi connectivity index (χ0n) is 13.9. The van der Waals surface area contributed by atoms with Gasteiger partial charge >= 0.3 is 0 Å². The third-order valence-corrected chi connectivity index (χ3v) is 7.94. The van der Waals surface area contributed by atoms with Crippen LogP contribution in [0, 0.1) is 5.92 Å². The average molecular weight is 397 g/mol. The van der Waals surface area contributed by atoms with Gasteiger partial charge in [0.25, 0.3) is 0 Å². The molecule has 0 bridgehead atoms. The molecule has 0 saturated carbocycles. The van der Waals surface area contributed by atoms with Crippen LogP contribution in [0.25, 0.3) is 0 Å². The van der Waals surface area contributed by atoms with E-state index in [2.05, 4.69) is 0 Å². The van der Waals surface area contributed by atoms with Gasteiger partial charge in [-0.3, -0.25) is 0 Å². The predicted octanol–water partition coefficient (Wildman–Crippen LogP) is 1.65. The summed E-state index contributed by atoms with van der Waals surface area (Å²) in [4.78, 5) is 0.0687. The molecule has 0 spiro atoms. The number of halogens is 1. The zero-order chi connectivity index (χ0) is 17.3. The molecule has 1 aliphatic heterocycles. The van der Waals surface area contributed by atoms with Crippen LogP contribution in [0.4, 0.5) is 0 Å². The molecule has 9 heteroatoms. The van der Waals surface area contributed by atoms with Crippen LogP contribution in [0.15, 0.2) is 34.1 Å². The summed E-state index contributed by atoms with van der Waals surface area (Å²) in [7, 11) is -7.15. The van der Waals surface area contributed by atoms with E-state index >= 15 is 0 Å². The first-order valence-electron chi connectivity index (χ1n) is 7.77. The zero-order valence-corrected chi connectivity index (χ0v) is 16.3. The van der Waals surface area contributed by atoms with Crippen LogP contribution >= 0.6 is 12.4 Å². The molecule has 1 saturated heterocycles. The van der Waals surface area contributed by atoms with Crippen molar-refractivity contribution in [2.24, 2.45) is 11.7 Å². The smallest absolute Gasteiger partial charge is 0.243 e. The molecule has 2 unspecified atom stereocenters. The Bertz CT molecular complexity index is 763. The Kier molecular flexibility index (Phi) is 7.25. The van der Waals surface area contributed by atoms with Crippen molar-refractivity contribution in [3.63, 3.8) is 0 Å². The molecule has 2 rings (SSSR count). The van der Waals surface area contributed by atoms with E-state index in [9.17, 15) is 16.8 Å². The van der Waals surface area contributed by atoms with Crippen LogP contribution in [-0.4, -0.2) is 46.0 Å². The molecule has 2 atom stereocenters. The Hall–Kier alpha value is -0.670. The van der Waals surface area contributed by atoms with Crippen molar-refractivity contribution >= 4 is 32.3 Å². The Morgan fingerprint density at radius 1 is 1.25 bits per heavy atom. The third-order valence-electron chi connectivity index (χ3n) is 4.35. The second-order valence-corrected chi connectivity index (χ2v) is 10.2. The predicted molar refractivity (Wildman–Crippen MR) is 96.5 cm³/mol. The van der Waals surface area contributed by atoms with Gasteiger partial charge in [0.05, 0.1) is 15.5 Å². The maximum Gasteiger partial charge on any atom is 0.243 e. The summed E-state index contributed by atoms with van der Waals surface area (Å²) in [6, 6.07) is 5.53. The maximum atomic E-state index is 12.8. The summed E-state index contributed by atoms with van der Waals surface area (Å²) in [6.07, 6.45) is 1.67. The fraction of sp³-hybridized carbons (Fsp3) is 0.600. The lowest BCUT2D eigenvalue weighted by atomic mass is 9.93. The van der Waals surface area contributed by atoms with E-state index in [1.165, 1.54) is 35.5 Å². The summed E-state index contributed by atoms with van der Waals surface area (Å²) in [6.45, 7) is 4.24. The highest BCUT2D eigenvalue weighted by Crippen LogP contribution is 2.26. The van der Waals surface area contributed by atoms with Crippen molar-refractivity contribution in [3.05, 3.63) is 24.3 Å². The Morgan fingerprint density at radius 3 is 2.46 bits per heavy atom. The molecule has 6 nitrogen and oxygen atoms in total. The molecule has 1 heterocycles. The quantitative estimate of drug-likeness (QED) is 0.815. The Balaban J connectivity index is 0.00000288. The summed E-state index contributed by atoms with van der Waals surface area (Å²) in [5, 5.41) is 0. The number of rotatable bonds is 5. The first-order chi connectivity index (χ1) is 10.7. The molecule has 0 radical (unpaired) electrons. The molecule has 2 N–H and O–H groups in total. The summed E-state index contributed by atoms with van der Waals surface area (Å²) < 4.78 is 51.0. The molecular formula is C15H25ClN2O4S2. The largest absolute Gasteiger partial charge is 0.328 e. The molecule has 1 aromatic rings. The summed E-state index contributed by atoms with van der Waals surface area (Å²) in [5.74, 6) is 0.0635. The van der Waals surface area contributed by atoms with Crippen LogP contribution in [-0.2, 0) is 19.9 Å². The van der Waals surface area contributed by atoms with Gasteiger partial charge in [-0.25, -0.2) is 16.8 Å². The number of nitrogens with zero attached hydrogens (tertiary/aromatic N) is 1. The van der Waals surface area contributed by atoms with Crippen molar-refractivity contribution < 1.29 is 16.8 Å². The number of sulfone groups is 1. The first-order valence-corrected chi connectivity index (χ1v) is 10.9. The van der Waals surface area contributed by atoms with E-state index in [-0.39, 0.29) is 39.9 Å². The number of nitrogens with two attached hydrogens (primary N) is 1. The van der Waals surface area contributed by atoms with Gasteiger partial charge in [-0.05, 0) is 43.9 Å². The molecule has 24 heavy (non-hydrogen) atoms. The fourth-order valence-electron chi connectivity index (χ4n) is 2.77. The SMILES string of the molecule is CCS(=O)(=O)c1cccc(S(=O)(=O)N2CCCC(C(C)N)C2)c1.Cl. The van der Waals surface area contributed by atoms with E-state index in [0.29, 0.717) is 13.1 Å². The van der Waals surface area contributed by atoms with E-state index in [0.717, 1.165) is 12.8 Å². The van der Waals surface area contributed by atoms with Crippen molar-refractivity contribution in [2.75, 3.05) is 18.8 Å². The highest BCUT2D eigenvalue weighted by atomic mass is 35.5. The monoisotopic (exact) mass is 396 g/mol. The lowest BCUT2D eigenvalue weighted by Crippen LogP contribution is -2.44. The normalized spacial score (nSPS) is 21.0. The van der Waals surface area contributed by atoms with E-state index < -0.39 is 19.9 Å². The van der Waals surface area contributed by atoms with Gasteiger partial charge < -0.3 is 5.73 Å². The van der Waals surface area contributed by atoms with Crippen molar-refractivity contribution in [1.82, 2.24) is 4.31 Å². The number of sulfonamides is 1. The minimum atomic E-state index is -3.71. The molecule has 0 aliphatic carbocycles. The van der Waals surface area contributed by atoms with Gasteiger partial charge in [-0.2, -0.15) is 4.31 Å². The number of hydrogen-bond acceptors (Lipinski definition) is 5. The number of hydrogen-bond donors (Lipinski definition) is 1. The lowest BCUT2D eigenvalue weighted by molar-refractivity contribution is 0.243. The molecule has 1 aliphatic rings. The van der Waals surface area contributed by atoms with Crippen LogP contribution in [0.2, 0.25) is 0 Å². The molecule has 1 fully saturated rings. The second kappa shape index (κ2) is 8.14. The van der Waals surface area contributed by atoms with Crippen LogP contribution in [0.5, 0.6) is 0 Å². The first kappa shape index (κ1) is 21.4. The molecule has 1 aromatic carbocycles. The van der Waals surface area contributed by atoms with Gasteiger partial charge in [0, 0.05) is 19.1 Å². The fourth-order valence-corrected chi connectivity index (χ4v) is 5.35. The molecular weight excluding hydrogens is 372 g/mol. The van der Waals surface area contributed by atoms with Crippen LogP contribution < -0.4 is 5.73 Å². The van der Waals surface area contributed by atoms with Gasteiger partial charge in [-0.15, -0.1) is 12.4 Å². The minimum Gasteiger partial charge on any atom is -0.328 e. The van der Waals surface area contributed by atoms with E-state index in [1.807, 2.05) is 6.92 Å². The second-order valence-electron chi connectivity index (χ2n) is 6.00. The van der Waals surface area contributed by atoms with Crippen LogP contribution in [0.3, 0.4) is 0 Å². The van der Waals surface area contributed by atoms with E-state index in [4.69, 9.17) is 5.73 Å². The highest BCUT2D eigenvalue weighted by molar-refractivity contribution is 7.91. The summed E-state index contributed by atoms with van der Waals surface area (Å²) in [5.41, 5.74) is 5.91. The van der Waals surface area contributed by atoms with Crippen molar-refractivity contribution in [1.29, 1.82) is 0 Å². The van der Waals surface area contributed by atoms with Gasteiger partial charge in [-0.1, -0.05) is 13.0 Å². The third kappa shape index (κ3) is 4.49. The number of benzene rings is 1. The molecule has 0 amide bonds. The summed E-state index contributed by atoms with van der Waals surface area (Å²) >= 11 is 0. The highest BCUT2D eigenvalue weighted by Gasteiger charge is 2.32. The van der Waals surface area contributed by atoms with Crippen molar-refractivity contribution in [3.8, 4) is 0 Å². The van der Waals surface area contributed by atoms with Crippen molar-refractivity contribution in [2.45, 2.75) is 42.5 Å². The van der Waals surface area contributed by atoms with Gasteiger partial charge in [0.2, 0.25) is 10.0 Å². The molecule has 138 valence electrons. The maximum absolute atomic E-state index is 12.8. The molecule has 0 aromatic heterocycles. The van der Waals surface area contributed by atoms with Gasteiger partial charge in [0.15, 0.2) is 9.84 Å².